The van der Waals surface area contributed by atoms with E-state index in [0.717, 1.165) is 17.8 Å². The second-order valence-electron chi connectivity index (χ2n) is 6.31. The number of nitrogens with zero attached hydrogens (tertiary/aromatic N) is 4. The molecule has 31 heavy (non-hydrogen) atoms. The smallest absolute Gasteiger partial charge is 0.305 e. The number of hydrogen-bond donors (Lipinski definition) is 2. The molecule has 156 valence electrons. The zero-order valence-electron chi connectivity index (χ0n) is 15.8. The molecular formula is C20H14ClFN6O3. The van der Waals surface area contributed by atoms with Gasteiger partial charge in [-0.05, 0) is 30.3 Å². The van der Waals surface area contributed by atoms with Gasteiger partial charge in [-0.15, -0.1) is 0 Å². The summed E-state index contributed by atoms with van der Waals surface area (Å²) in [5, 5.41) is 11.7. The van der Waals surface area contributed by atoms with Gasteiger partial charge in [-0.3, -0.25) is 25.9 Å². The lowest BCUT2D eigenvalue weighted by Crippen LogP contribution is -2.11. The maximum atomic E-state index is 13.8. The quantitative estimate of drug-likeness (QED) is 0.312. The van der Waals surface area contributed by atoms with Crippen molar-refractivity contribution in [2.45, 2.75) is 6.61 Å². The minimum absolute atomic E-state index is 0.221. The molecule has 0 aliphatic rings. The van der Waals surface area contributed by atoms with Crippen molar-refractivity contribution in [1.29, 1.82) is 0 Å². The standard InChI is InChI=1S/C20H14ClFN6O3/c21-15-7-12(4-5-19(15)31-10-13-3-1-2-6-23-13)26-27-20-14-8-18(28(29)30)16(22)9-17(14)24-11-25-20/h1-9,11,26H,10H2,(H,24,25,27). The van der Waals surface area contributed by atoms with E-state index in [2.05, 4.69) is 25.8 Å². The second kappa shape index (κ2) is 8.76. The summed E-state index contributed by atoms with van der Waals surface area (Å²) in [6.45, 7) is 0.272. The third-order valence-electron chi connectivity index (χ3n) is 4.26. The van der Waals surface area contributed by atoms with Crippen LogP contribution in [0.5, 0.6) is 5.75 Å². The summed E-state index contributed by atoms with van der Waals surface area (Å²) in [4.78, 5) is 22.4. The Morgan fingerprint density at radius 3 is 2.71 bits per heavy atom. The van der Waals surface area contributed by atoms with Gasteiger partial charge in [0, 0.05) is 18.3 Å². The monoisotopic (exact) mass is 440 g/mol. The van der Waals surface area contributed by atoms with Gasteiger partial charge in [-0.2, -0.15) is 4.39 Å². The van der Waals surface area contributed by atoms with Crippen molar-refractivity contribution in [2.24, 2.45) is 0 Å². The average Bonchev–Trinajstić information content (AvgIpc) is 2.77. The minimum atomic E-state index is -0.969. The van der Waals surface area contributed by atoms with Crippen LogP contribution in [0.15, 0.2) is 61.1 Å². The summed E-state index contributed by atoms with van der Waals surface area (Å²) < 4.78 is 19.5. The molecular weight excluding hydrogens is 427 g/mol. The minimum Gasteiger partial charge on any atom is -0.486 e. The van der Waals surface area contributed by atoms with Crippen molar-refractivity contribution < 1.29 is 14.1 Å². The fourth-order valence-electron chi connectivity index (χ4n) is 2.77. The number of halogens is 2. The molecule has 0 amide bonds. The van der Waals surface area contributed by atoms with Gasteiger partial charge in [-0.25, -0.2) is 9.97 Å². The maximum absolute atomic E-state index is 13.8. The predicted molar refractivity (Wildman–Crippen MR) is 113 cm³/mol. The molecule has 0 fully saturated rings. The Bertz CT molecular complexity index is 1260. The van der Waals surface area contributed by atoms with Crippen LogP contribution in [0.25, 0.3) is 10.9 Å². The van der Waals surface area contributed by atoms with Crippen molar-refractivity contribution in [3.05, 3.63) is 87.7 Å². The van der Waals surface area contributed by atoms with Gasteiger partial charge in [0.05, 0.1) is 32.2 Å². The molecule has 0 aliphatic heterocycles. The molecule has 2 aromatic carbocycles. The fraction of sp³-hybridized carbons (Fsp3) is 0.0500. The average molecular weight is 441 g/mol. The van der Waals surface area contributed by atoms with Crippen molar-refractivity contribution in [3.8, 4) is 5.75 Å². The number of hydrazine groups is 1. The lowest BCUT2D eigenvalue weighted by atomic mass is 10.2. The van der Waals surface area contributed by atoms with Crippen LogP contribution in [0.1, 0.15) is 5.69 Å². The van der Waals surface area contributed by atoms with E-state index < -0.39 is 16.4 Å². The van der Waals surface area contributed by atoms with Crippen LogP contribution < -0.4 is 15.6 Å². The van der Waals surface area contributed by atoms with E-state index in [0.29, 0.717) is 16.5 Å². The highest BCUT2D eigenvalue weighted by atomic mass is 35.5. The van der Waals surface area contributed by atoms with E-state index in [1.54, 1.807) is 24.4 Å². The fourth-order valence-corrected chi connectivity index (χ4v) is 3.00. The van der Waals surface area contributed by atoms with E-state index >= 15 is 0 Å². The van der Waals surface area contributed by atoms with Gasteiger partial charge in [-0.1, -0.05) is 17.7 Å². The first kappa shape index (κ1) is 20.2. The van der Waals surface area contributed by atoms with Crippen LogP contribution in [0.4, 0.5) is 21.6 Å². The van der Waals surface area contributed by atoms with Crippen LogP contribution in [-0.4, -0.2) is 19.9 Å². The van der Waals surface area contributed by atoms with Crippen LogP contribution in [0.3, 0.4) is 0 Å². The molecule has 9 nitrogen and oxygen atoms in total. The summed E-state index contributed by atoms with van der Waals surface area (Å²) in [5.74, 6) is -0.251. The molecule has 2 aromatic heterocycles. The molecule has 0 bridgehead atoms. The number of ether oxygens (including phenoxy) is 1. The summed E-state index contributed by atoms with van der Waals surface area (Å²) in [6, 6.07) is 12.6. The number of nitro benzene ring substituents is 1. The molecule has 4 aromatic rings. The maximum Gasteiger partial charge on any atom is 0.305 e. The van der Waals surface area contributed by atoms with Gasteiger partial charge >= 0.3 is 5.69 Å². The van der Waals surface area contributed by atoms with Gasteiger partial charge in [0.15, 0.2) is 5.82 Å². The molecule has 0 aliphatic carbocycles. The van der Waals surface area contributed by atoms with Crippen molar-refractivity contribution in [2.75, 3.05) is 10.9 Å². The Morgan fingerprint density at radius 2 is 1.97 bits per heavy atom. The molecule has 4 rings (SSSR count). The van der Waals surface area contributed by atoms with E-state index in [9.17, 15) is 14.5 Å². The largest absolute Gasteiger partial charge is 0.486 e. The molecule has 0 saturated heterocycles. The summed E-state index contributed by atoms with van der Waals surface area (Å²) in [5.41, 5.74) is 6.65. The van der Waals surface area contributed by atoms with E-state index in [1.807, 2.05) is 18.2 Å². The second-order valence-corrected chi connectivity index (χ2v) is 6.71. The summed E-state index contributed by atoms with van der Waals surface area (Å²) in [7, 11) is 0. The number of hydrogen-bond acceptors (Lipinski definition) is 8. The van der Waals surface area contributed by atoms with Gasteiger partial charge in [0.2, 0.25) is 5.82 Å². The topological polar surface area (TPSA) is 115 Å². The highest BCUT2D eigenvalue weighted by molar-refractivity contribution is 6.32. The van der Waals surface area contributed by atoms with Crippen molar-refractivity contribution in [3.63, 3.8) is 0 Å². The van der Waals surface area contributed by atoms with Crippen LogP contribution >= 0.6 is 11.6 Å². The van der Waals surface area contributed by atoms with Gasteiger partial charge in [0.25, 0.3) is 0 Å². The molecule has 0 atom stereocenters. The zero-order chi connectivity index (χ0) is 21.8. The van der Waals surface area contributed by atoms with Gasteiger partial charge < -0.3 is 4.74 Å². The van der Waals surface area contributed by atoms with E-state index in [1.165, 1.54) is 6.33 Å². The Morgan fingerprint density at radius 1 is 1.10 bits per heavy atom. The molecule has 0 spiro atoms. The van der Waals surface area contributed by atoms with Crippen LogP contribution in [-0.2, 0) is 6.61 Å². The Balaban J connectivity index is 1.49. The number of aromatic nitrogens is 3. The molecule has 0 unspecified atom stereocenters. The first-order valence-electron chi connectivity index (χ1n) is 8.94. The highest BCUT2D eigenvalue weighted by Gasteiger charge is 2.17. The Hall–Kier alpha value is -4.05. The molecule has 0 radical (unpaired) electrons. The summed E-state index contributed by atoms with van der Waals surface area (Å²) in [6.07, 6.45) is 2.90. The van der Waals surface area contributed by atoms with Gasteiger partial charge in [0.1, 0.15) is 18.7 Å². The summed E-state index contributed by atoms with van der Waals surface area (Å²) >= 11 is 6.29. The van der Waals surface area contributed by atoms with Crippen molar-refractivity contribution >= 4 is 39.7 Å². The first-order chi connectivity index (χ1) is 15.0. The number of nitrogens with one attached hydrogen (secondary N) is 2. The Labute approximate surface area is 180 Å². The van der Waals surface area contributed by atoms with E-state index in [-0.39, 0.29) is 23.3 Å². The number of fused-ring (bicyclic) bond motifs is 1. The lowest BCUT2D eigenvalue weighted by Gasteiger charge is -2.13. The number of nitro groups is 1. The number of benzene rings is 2. The van der Waals surface area contributed by atoms with E-state index in [4.69, 9.17) is 16.3 Å². The predicted octanol–water partition coefficient (Wildman–Crippen LogP) is 4.74. The number of anilines is 2. The third kappa shape index (κ3) is 4.59. The third-order valence-corrected chi connectivity index (χ3v) is 4.55. The highest BCUT2D eigenvalue weighted by Crippen LogP contribution is 2.30. The first-order valence-corrected chi connectivity index (χ1v) is 9.32. The Kier molecular flexibility index (Phi) is 5.72. The lowest BCUT2D eigenvalue weighted by molar-refractivity contribution is -0.387. The molecule has 2 N–H and O–H groups in total. The molecule has 0 saturated carbocycles. The van der Waals surface area contributed by atoms with Crippen molar-refractivity contribution in [1.82, 2.24) is 15.0 Å². The zero-order valence-corrected chi connectivity index (χ0v) is 16.5. The molecule has 2 heterocycles. The number of rotatable bonds is 7. The van der Waals surface area contributed by atoms with Crippen LogP contribution in [0, 0.1) is 15.9 Å². The normalized spacial score (nSPS) is 10.6. The van der Waals surface area contributed by atoms with Crippen LogP contribution in [0.2, 0.25) is 5.02 Å². The number of pyridine rings is 1. The SMILES string of the molecule is O=[N+]([O-])c1cc2c(NNc3ccc(OCc4ccccn4)c(Cl)c3)ncnc2cc1F. The molecule has 11 heteroatoms.